The lowest BCUT2D eigenvalue weighted by Crippen LogP contribution is -2.45. The summed E-state index contributed by atoms with van der Waals surface area (Å²) >= 11 is 0. The summed E-state index contributed by atoms with van der Waals surface area (Å²) in [7, 11) is 1.51. The fourth-order valence-electron chi connectivity index (χ4n) is 2.25. The SMILES string of the molecule is CC(C(=O)O)N(C)C(=O)CN(Cc1cccnc1)c1ccccc1. The maximum atomic E-state index is 12.5. The van der Waals surface area contributed by atoms with Crippen LogP contribution in [0, 0.1) is 0 Å². The predicted octanol–water partition coefficient (Wildman–Crippen LogP) is 2.02. The van der Waals surface area contributed by atoms with Gasteiger partial charge in [0.05, 0.1) is 6.54 Å². The molecule has 1 amide bonds. The first kappa shape index (κ1) is 17.5. The smallest absolute Gasteiger partial charge is 0.326 e. The highest BCUT2D eigenvalue weighted by Gasteiger charge is 2.23. The molecule has 6 nitrogen and oxygen atoms in total. The first-order valence-electron chi connectivity index (χ1n) is 7.66. The number of anilines is 1. The number of hydrogen-bond acceptors (Lipinski definition) is 4. The van der Waals surface area contributed by atoms with Crippen LogP contribution in [0.25, 0.3) is 0 Å². The van der Waals surface area contributed by atoms with Gasteiger partial charge in [0.2, 0.25) is 5.91 Å². The lowest BCUT2D eigenvalue weighted by atomic mass is 10.2. The van der Waals surface area contributed by atoms with Crippen LogP contribution < -0.4 is 4.90 Å². The number of pyridine rings is 1. The Morgan fingerprint density at radius 2 is 1.88 bits per heavy atom. The summed E-state index contributed by atoms with van der Waals surface area (Å²) in [5.41, 5.74) is 1.87. The van der Waals surface area contributed by atoms with Gasteiger partial charge in [-0.05, 0) is 30.7 Å². The second-order valence-electron chi connectivity index (χ2n) is 5.57. The van der Waals surface area contributed by atoms with Crippen molar-refractivity contribution < 1.29 is 14.7 Å². The molecule has 1 aromatic carbocycles. The highest BCUT2D eigenvalue weighted by Crippen LogP contribution is 2.17. The second kappa shape index (κ2) is 8.10. The van der Waals surface area contributed by atoms with E-state index in [1.807, 2.05) is 47.4 Å². The molecule has 0 aliphatic carbocycles. The first-order valence-corrected chi connectivity index (χ1v) is 7.66. The maximum absolute atomic E-state index is 12.5. The zero-order chi connectivity index (χ0) is 17.5. The van der Waals surface area contributed by atoms with E-state index < -0.39 is 12.0 Å². The van der Waals surface area contributed by atoms with Crippen molar-refractivity contribution in [2.45, 2.75) is 19.5 Å². The normalized spacial score (nSPS) is 11.6. The third-order valence-electron chi connectivity index (χ3n) is 3.88. The van der Waals surface area contributed by atoms with Gasteiger partial charge in [0, 0.05) is 31.7 Å². The lowest BCUT2D eigenvalue weighted by Gasteiger charge is -2.28. The van der Waals surface area contributed by atoms with Gasteiger partial charge in [0.25, 0.3) is 0 Å². The molecule has 0 aliphatic rings. The largest absolute Gasteiger partial charge is 0.480 e. The minimum Gasteiger partial charge on any atom is -0.480 e. The van der Waals surface area contributed by atoms with Gasteiger partial charge in [-0.2, -0.15) is 0 Å². The third kappa shape index (κ3) is 4.55. The molecular weight excluding hydrogens is 306 g/mol. The Morgan fingerprint density at radius 3 is 2.46 bits per heavy atom. The molecule has 126 valence electrons. The molecule has 1 atom stereocenters. The molecule has 1 aromatic heterocycles. The van der Waals surface area contributed by atoms with Crippen LogP contribution in [0.1, 0.15) is 12.5 Å². The number of carbonyl (C=O) groups is 2. The number of likely N-dealkylation sites (N-methyl/N-ethyl adjacent to an activating group) is 1. The van der Waals surface area contributed by atoms with E-state index in [-0.39, 0.29) is 12.5 Å². The quantitative estimate of drug-likeness (QED) is 0.842. The number of carbonyl (C=O) groups excluding carboxylic acids is 1. The van der Waals surface area contributed by atoms with Gasteiger partial charge in [-0.15, -0.1) is 0 Å². The number of carboxylic acid groups (broad SMARTS) is 1. The van der Waals surface area contributed by atoms with Crippen LogP contribution in [0.2, 0.25) is 0 Å². The van der Waals surface area contributed by atoms with Crippen molar-refractivity contribution in [3.8, 4) is 0 Å². The van der Waals surface area contributed by atoms with E-state index >= 15 is 0 Å². The number of amides is 1. The van der Waals surface area contributed by atoms with Crippen LogP contribution in [-0.4, -0.2) is 46.5 Å². The fraction of sp³-hybridized carbons (Fsp3) is 0.278. The van der Waals surface area contributed by atoms with Gasteiger partial charge >= 0.3 is 5.97 Å². The van der Waals surface area contributed by atoms with E-state index in [1.165, 1.54) is 18.9 Å². The second-order valence-corrected chi connectivity index (χ2v) is 5.57. The number of hydrogen-bond donors (Lipinski definition) is 1. The van der Waals surface area contributed by atoms with Crippen molar-refractivity contribution in [3.05, 3.63) is 60.4 Å². The van der Waals surface area contributed by atoms with Crippen LogP contribution in [0.15, 0.2) is 54.9 Å². The summed E-state index contributed by atoms with van der Waals surface area (Å²) in [6.07, 6.45) is 3.45. The molecule has 0 radical (unpaired) electrons. The Bertz CT molecular complexity index is 676. The van der Waals surface area contributed by atoms with Gasteiger partial charge < -0.3 is 14.9 Å². The predicted molar refractivity (Wildman–Crippen MR) is 91.6 cm³/mol. The molecule has 6 heteroatoms. The van der Waals surface area contributed by atoms with Crippen LogP contribution in [-0.2, 0) is 16.1 Å². The number of aliphatic carboxylic acids is 1. The highest BCUT2D eigenvalue weighted by molar-refractivity contribution is 5.86. The minimum absolute atomic E-state index is 0.0903. The van der Waals surface area contributed by atoms with Gasteiger partial charge in [0.1, 0.15) is 6.04 Å². The van der Waals surface area contributed by atoms with E-state index in [1.54, 1.807) is 12.4 Å². The molecule has 0 aliphatic heterocycles. The van der Waals surface area contributed by atoms with Crippen LogP contribution in [0.3, 0.4) is 0 Å². The standard InChI is InChI=1S/C18H21N3O3/c1-14(18(23)24)20(2)17(22)13-21(16-8-4-3-5-9-16)12-15-7-6-10-19-11-15/h3-11,14H,12-13H2,1-2H3,(H,23,24). The molecular formula is C18H21N3O3. The zero-order valence-electron chi connectivity index (χ0n) is 13.8. The Labute approximate surface area is 141 Å². The van der Waals surface area contributed by atoms with Crippen LogP contribution in [0.5, 0.6) is 0 Å². The molecule has 0 fully saturated rings. The molecule has 0 bridgehead atoms. The summed E-state index contributed by atoms with van der Waals surface area (Å²) in [6.45, 7) is 2.10. The number of benzene rings is 1. The molecule has 2 aromatic rings. The van der Waals surface area contributed by atoms with Crippen molar-refractivity contribution in [1.82, 2.24) is 9.88 Å². The van der Waals surface area contributed by atoms with Crippen LogP contribution in [0.4, 0.5) is 5.69 Å². The van der Waals surface area contributed by atoms with E-state index in [0.717, 1.165) is 11.3 Å². The Kier molecular flexibility index (Phi) is 5.89. The summed E-state index contributed by atoms with van der Waals surface area (Å²) in [5, 5.41) is 9.07. The van der Waals surface area contributed by atoms with Gasteiger partial charge in [-0.1, -0.05) is 24.3 Å². The molecule has 0 spiro atoms. The van der Waals surface area contributed by atoms with Crippen molar-refractivity contribution in [2.24, 2.45) is 0 Å². The Balaban J connectivity index is 2.17. The van der Waals surface area contributed by atoms with E-state index in [2.05, 4.69) is 4.98 Å². The maximum Gasteiger partial charge on any atom is 0.326 e. The number of rotatable bonds is 7. The number of carboxylic acids is 1. The van der Waals surface area contributed by atoms with E-state index in [0.29, 0.717) is 6.54 Å². The fourth-order valence-corrected chi connectivity index (χ4v) is 2.25. The number of aromatic nitrogens is 1. The van der Waals surface area contributed by atoms with Crippen molar-refractivity contribution in [1.29, 1.82) is 0 Å². The van der Waals surface area contributed by atoms with Crippen molar-refractivity contribution in [3.63, 3.8) is 0 Å². The third-order valence-corrected chi connectivity index (χ3v) is 3.88. The molecule has 24 heavy (non-hydrogen) atoms. The zero-order valence-corrected chi connectivity index (χ0v) is 13.8. The van der Waals surface area contributed by atoms with E-state index in [4.69, 9.17) is 5.11 Å². The molecule has 1 heterocycles. The summed E-state index contributed by atoms with van der Waals surface area (Å²) in [5.74, 6) is -1.28. The average Bonchev–Trinajstić information content (AvgIpc) is 2.61. The lowest BCUT2D eigenvalue weighted by molar-refractivity contribution is -0.147. The van der Waals surface area contributed by atoms with Gasteiger partial charge in [-0.25, -0.2) is 4.79 Å². The minimum atomic E-state index is -1.02. The van der Waals surface area contributed by atoms with Gasteiger partial charge in [0.15, 0.2) is 0 Å². The number of nitrogens with zero attached hydrogens (tertiary/aromatic N) is 3. The van der Waals surface area contributed by atoms with Crippen molar-refractivity contribution >= 4 is 17.6 Å². The molecule has 2 rings (SSSR count). The van der Waals surface area contributed by atoms with E-state index in [9.17, 15) is 9.59 Å². The van der Waals surface area contributed by atoms with Crippen molar-refractivity contribution in [2.75, 3.05) is 18.5 Å². The number of para-hydroxylation sites is 1. The molecule has 1 unspecified atom stereocenters. The Hall–Kier alpha value is -2.89. The molecule has 0 saturated carbocycles. The van der Waals surface area contributed by atoms with Crippen LogP contribution >= 0.6 is 0 Å². The Morgan fingerprint density at radius 1 is 1.17 bits per heavy atom. The monoisotopic (exact) mass is 327 g/mol. The average molecular weight is 327 g/mol. The highest BCUT2D eigenvalue weighted by atomic mass is 16.4. The topological polar surface area (TPSA) is 73.7 Å². The summed E-state index contributed by atoms with van der Waals surface area (Å²) in [6, 6.07) is 12.5. The first-order chi connectivity index (χ1) is 11.5. The molecule has 0 saturated heterocycles. The summed E-state index contributed by atoms with van der Waals surface area (Å²) < 4.78 is 0. The molecule has 1 N–H and O–H groups in total. The van der Waals surface area contributed by atoms with Gasteiger partial charge in [-0.3, -0.25) is 9.78 Å². The summed E-state index contributed by atoms with van der Waals surface area (Å²) in [4.78, 5) is 30.8.